The highest BCUT2D eigenvalue weighted by Crippen LogP contribution is 2.23. The number of amides is 1. The molecule has 0 aliphatic heterocycles. The summed E-state index contributed by atoms with van der Waals surface area (Å²) in [5.74, 6) is 1.15. The molecule has 3 heteroatoms. The minimum atomic E-state index is 0.278. The summed E-state index contributed by atoms with van der Waals surface area (Å²) in [4.78, 5) is 11.8. The molecule has 0 aromatic rings. The quantitative estimate of drug-likeness (QED) is 0.681. The molecule has 0 bridgehead atoms. The Balaban J connectivity index is 2.05. The summed E-state index contributed by atoms with van der Waals surface area (Å²) in [7, 11) is 0. The Bertz CT molecular complexity index is 200. The van der Waals surface area contributed by atoms with Crippen molar-refractivity contribution in [3.8, 4) is 0 Å². The Kier molecular flexibility index (Phi) is 6.46. The van der Waals surface area contributed by atoms with E-state index in [4.69, 9.17) is 5.73 Å². The maximum atomic E-state index is 11.8. The van der Waals surface area contributed by atoms with Gasteiger partial charge in [0.05, 0.1) is 0 Å². The van der Waals surface area contributed by atoms with Crippen LogP contribution in [0.1, 0.15) is 51.9 Å². The van der Waals surface area contributed by atoms with Gasteiger partial charge in [0.2, 0.25) is 5.91 Å². The zero-order valence-electron chi connectivity index (χ0n) is 10.5. The number of hydrogen-bond donors (Lipinski definition) is 2. The van der Waals surface area contributed by atoms with Gasteiger partial charge in [0.15, 0.2) is 0 Å². The molecule has 0 saturated heterocycles. The second kappa shape index (κ2) is 7.66. The summed E-state index contributed by atoms with van der Waals surface area (Å²) in [6, 6.07) is 0. The Morgan fingerprint density at radius 2 is 2.06 bits per heavy atom. The Hall–Kier alpha value is -0.570. The molecule has 1 unspecified atom stereocenters. The average Bonchev–Trinajstić information content (AvgIpc) is 2.35. The van der Waals surface area contributed by atoms with Crippen LogP contribution in [0.15, 0.2) is 0 Å². The molecule has 0 radical (unpaired) electrons. The largest absolute Gasteiger partial charge is 0.356 e. The highest BCUT2D eigenvalue weighted by Gasteiger charge is 2.20. The van der Waals surface area contributed by atoms with E-state index >= 15 is 0 Å². The predicted molar refractivity (Wildman–Crippen MR) is 67.0 cm³/mol. The van der Waals surface area contributed by atoms with Gasteiger partial charge in [-0.3, -0.25) is 4.79 Å². The van der Waals surface area contributed by atoms with E-state index in [1.807, 2.05) is 0 Å². The molecule has 1 aliphatic rings. The third kappa shape index (κ3) is 4.97. The van der Waals surface area contributed by atoms with Gasteiger partial charge < -0.3 is 11.1 Å². The molecular weight excluding hydrogens is 200 g/mol. The summed E-state index contributed by atoms with van der Waals surface area (Å²) in [5.41, 5.74) is 5.54. The molecule has 16 heavy (non-hydrogen) atoms. The molecule has 0 spiro atoms. The zero-order chi connectivity index (χ0) is 11.8. The van der Waals surface area contributed by atoms with Crippen molar-refractivity contribution in [3.63, 3.8) is 0 Å². The summed E-state index contributed by atoms with van der Waals surface area (Å²) >= 11 is 0. The van der Waals surface area contributed by atoms with E-state index in [0.29, 0.717) is 11.8 Å². The highest BCUT2D eigenvalue weighted by atomic mass is 16.1. The summed E-state index contributed by atoms with van der Waals surface area (Å²) < 4.78 is 0. The van der Waals surface area contributed by atoms with Crippen LogP contribution in [0.3, 0.4) is 0 Å². The fourth-order valence-electron chi connectivity index (χ4n) is 2.29. The average molecular weight is 226 g/mol. The van der Waals surface area contributed by atoms with E-state index in [2.05, 4.69) is 12.2 Å². The lowest BCUT2D eigenvalue weighted by Gasteiger charge is -2.20. The number of hydrogen-bond acceptors (Lipinski definition) is 2. The van der Waals surface area contributed by atoms with Crippen LogP contribution in [-0.2, 0) is 4.79 Å². The third-order valence-electron chi connectivity index (χ3n) is 3.55. The lowest BCUT2D eigenvalue weighted by Crippen LogP contribution is -2.32. The number of rotatable bonds is 6. The van der Waals surface area contributed by atoms with Gasteiger partial charge in [-0.15, -0.1) is 0 Å². The van der Waals surface area contributed by atoms with Crippen molar-refractivity contribution >= 4 is 5.91 Å². The molecule has 1 saturated carbocycles. The monoisotopic (exact) mass is 226 g/mol. The van der Waals surface area contributed by atoms with Crippen molar-refractivity contribution in [1.82, 2.24) is 5.32 Å². The molecular formula is C13H26N2O. The van der Waals surface area contributed by atoms with Gasteiger partial charge in [0.1, 0.15) is 0 Å². The first-order chi connectivity index (χ1) is 7.74. The SMILES string of the molecule is CC(CN)CCCNC(=O)C1CCCCC1. The molecule has 3 nitrogen and oxygen atoms in total. The van der Waals surface area contributed by atoms with E-state index in [1.54, 1.807) is 0 Å². The zero-order valence-corrected chi connectivity index (χ0v) is 10.5. The predicted octanol–water partition coefficient (Wildman–Crippen LogP) is 2.06. The smallest absolute Gasteiger partial charge is 0.223 e. The second-order valence-electron chi connectivity index (χ2n) is 5.11. The van der Waals surface area contributed by atoms with E-state index in [-0.39, 0.29) is 5.91 Å². The van der Waals surface area contributed by atoms with Crippen LogP contribution in [0.5, 0.6) is 0 Å². The van der Waals surface area contributed by atoms with Gasteiger partial charge in [-0.25, -0.2) is 0 Å². The maximum absolute atomic E-state index is 11.8. The fraction of sp³-hybridized carbons (Fsp3) is 0.923. The van der Waals surface area contributed by atoms with Crippen LogP contribution in [0.25, 0.3) is 0 Å². The number of nitrogens with two attached hydrogens (primary N) is 1. The van der Waals surface area contributed by atoms with Gasteiger partial charge in [0, 0.05) is 12.5 Å². The van der Waals surface area contributed by atoms with Crippen molar-refractivity contribution in [2.75, 3.05) is 13.1 Å². The maximum Gasteiger partial charge on any atom is 0.223 e. The molecule has 1 rings (SSSR count). The first-order valence-electron chi connectivity index (χ1n) is 6.71. The van der Waals surface area contributed by atoms with Gasteiger partial charge in [-0.05, 0) is 38.1 Å². The lowest BCUT2D eigenvalue weighted by molar-refractivity contribution is -0.125. The van der Waals surface area contributed by atoms with E-state index < -0.39 is 0 Å². The molecule has 0 aromatic heterocycles. The van der Waals surface area contributed by atoms with Crippen LogP contribution in [0, 0.1) is 11.8 Å². The van der Waals surface area contributed by atoms with E-state index in [0.717, 1.165) is 38.8 Å². The van der Waals surface area contributed by atoms with Crippen molar-refractivity contribution in [3.05, 3.63) is 0 Å². The van der Waals surface area contributed by atoms with Gasteiger partial charge in [0.25, 0.3) is 0 Å². The molecule has 0 heterocycles. The van der Waals surface area contributed by atoms with Crippen LogP contribution in [0.2, 0.25) is 0 Å². The lowest BCUT2D eigenvalue weighted by atomic mass is 9.88. The number of nitrogens with one attached hydrogen (secondary N) is 1. The first-order valence-corrected chi connectivity index (χ1v) is 6.71. The molecule has 1 atom stereocenters. The van der Waals surface area contributed by atoms with E-state index in [1.165, 1.54) is 19.3 Å². The highest BCUT2D eigenvalue weighted by molar-refractivity contribution is 5.78. The van der Waals surface area contributed by atoms with Gasteiger partial charge >= 0.3 is 0 Å². The normalized spacial score (nSPS) is 19.4. The number of carbonyl (C=O) groups is 1. The summed E-state index contributed by atoms with van der Waals surface area (Å²) in [6.45, 7) is 3.72. The molecule has 1 fully saturated rings. The summed E-state index contributed by atoms with van der Waals surface area (Å²) in [5, 5.41) is 3.05. The molecule has 1 aliphatic carbocycles. The van der Waals surface area contributed by atoms with Gasteiger partial charge in [-0.2, -0.15) is 0 Å². The van der Waals surface area contributed by atoms with Crippen LogP contribution < -0.4 is 11.1 Å². The van der Waals surface area contributed by atoms with Crippen molar-refractivity contribution < 1.29 is 4.79 Å². The minimum absolute atomic E-state index is 0.278. The van der Waals surface area contributed by atoms with Crippen LogP contribution in [-0.4, -0.2) is 19.0 Å². The molecule has 3 N–H and O–H groups in total. The van der Waals surface area contributed by atoms with Gasteiger partial charge in [-0.1, -0.05) is 26.2 Å². The Morgan fingerprint density at radius 3 is 2.69 bits per heavy atom. The standard InChI is InChI=1S/C13H26N2O/c1-11(10-14)6-5-9-15-13(16)12-7-3-2-4-8-12/h11-12H,2-10,14H2,1H3,(H,15,16). The van der Waals surface area contributed by atoms with Crippen molar-refractivity contribution in [1.29, 1.82) is 0 Å². The first kappa shape index (κ1) is 13.5. The second-order valence-corrected chi connectivity index (χ2v) is 5.11. The fourth-order valence-corrected chi connectivity index (χ4v) is 2.29. The van der Waals surface area contributed by atoms with E-state index in [9.17, 15) is 4.79 Å². The Labute approximate surface area is 99.2 Å². The molecule has 1 amide bonds. The van der Waals surface area contributed by atoms with Crippen LogP contribution >= 0.6 is 0 Å². The molecule has 94 valence electrons. The third-order valence-corrected chi connectivity index (χ3v) is 3.55. The summed E-state index contributed by atoms with van der Waals surface area (Å²) in [6.07, 6.45) is 8.09. The van der Waals surface area contributed by atoms with Crippen LogP contribution in [0.4, 0.5) is 0 Å². The van der Waals surface area contributed by atoms with Crippen molar-refractivity contribution in [2.45, 2.75) is 51.9 Å². The minimum Gasteiger partial charge on any atom is -0.356 e. The molecule has 0 aromatic carbocycles. The Morgan fingerprint density at radius 1 is 1.38 bits per heavy atom. The topological polar surface area (TPSA) is 55.1 Å². The van der Waals surface area contributed by atoms with Crippen molar-refractivity contribution in [2.24, 2.45) is 17.6 Å². The number of carbonyl (C=O) groups excluding carboxylic acids is 1.